The molecule has 2 N–H and O–H groups in total. The van der Waals surface area contributed by atoms with Gasteiger partial charge in [0, 0.05) is 6.20 Å². The summed E-state index contributed by atoms with van der Waals surface area (Å²) < 4.78 is 1.99. The quantitative estimate of drug-likeness (QED) is 0.496. The first-order valence-corrected chi connectivity index (χ1v) is 9.99. The van der Waals surface area contributed by atoms with E-state index in [0.717, 1.165) is 45.7 Å². The molecule has 0 unspecified atom stereocenters. The van der Waals surface area contributed by atoms with Crippen LogP contribution in [0.25, 0.3) is 16.8 Å². The molecule has 0 radical (unpaired) electrons. The van der Waals surface area contributed by atoms with Crippen LogP contribution in [0.5, 0.6) is 0 Å². The molecule has 4 rings (SSSR count). The fraction of sp³-hybridized carbons (Fsp3) is 0.200. The molecule has 5 nitrogen and oxygen atoms in total. The maximum absolute atomic E-state index is 11.5. The summed E-state index contributed by atoms with van der Waals surface area (Å²) in [5, 5.41) is 20.7. The fourth-order valence-corrected chi connectivity index (χ4v) is 3.99. The fourth-order valence-electron chi connectivity index (χ4n) is 3.99. The third-order valence-electron chi connectivity index (χ3n) is 5.52. The summed E-state index contributed by atoms with van der Waals surface area (Å²) in [6, 6.07) is 16.4. The highest BCUT2D eigenvalue weighted by Gasteiger charge is 2.19. The second-order valence-corrected chi connectivity index (χ2v) is 7.55. The van der Waals surface area contributed by atoms with E-state index in [-0.39, 0.29) is 5.56 Å². The van der Waals surface area contributed by atoms with Crippen molar-refractivity contribution in [1.29, 1.82) is 0 Å². The maximum Gasteiger partial charge on any atom is 0.336 e. The number of carbonyl (C=O) groups is 1. The van der Waals surface area contributed by atoms with Crippen LogP contribution in [-0.4, -0.2) is 25.6 Å². The van der Waals surface area contributed by atoms with Crippen molar-refractivity contribution >= 4 is 11.6 Å². The number of nitrogens with zero attached hydrogens (tertiary/aromatic N) is 2. The normalized spacial score (nSPS) is 12.3. The number of aliphatic hydroxyl groups excluding tert-OH is 1. The van der Waals surface area contributed by atoms with E-state index in [0.29, 0.717) is 5.56 Å². The highest BCUT2D eigenvalue weighted by molar-refractivity contribution is 5.96. The van der Waals surface area contributed by atoms with Crippen LogP contribution < -0.4 is 0 Å². The zero-order valence-electron chi connectivity index (χ0n) is 17.3. The molecule has 0 spiro atoms. The lowest BCUT2D eigenvalue weighted by atomic mass is 9.96. The third-order valence-corrected chi connectivity index (χ3v) is 5.52. The molecule has 0 aliphatic rings. The lowest BCUT2D eigenvalue weighted by molar-refractivity contribution is 0.0697. The number of carboxylic acid groups (broad SMARTS) is 1. The van der Waals surface area contributed by atoms with Crippen LogP contribution >= 0.6 is 0 Å². The number of aromatic nitrogens is 2. The van der Waals surface area contributed by atoms with E-state index in [9.17, 15) is 15.0 Å². The number of imidazole rings is 1. The summed E-state index contributed by atoms with van der Waals surface area (Å²) >= 11 is 0. The van der Waals surface area contributed by atoms with Crippen molar-refractivity contribution in [2.75, 3.05) is 0 Å². The summed E-state index contributed by atoms with van der Waals surface area (Å²) in [5.74, 6) is -0.959. The van der Waals surface area contributed by atoms with E-state index in [1.54, 1.807) is 18.2 Å². The molecule has 2 heterocycles. The Morgan fingerprint density at radius 1 is 1.07 bits per heavy atom. The first-order chi connectivity index (χ1) is 14.4. The van der Waals surface area contributed by atoms with Crippen molar-refractivity contribution in [2.24, 2.45) is 0 Å². The molecule has 0 fully saturated rings. The first kappa shape index (κ1) is 19.9. The number of carboxylic acids is 1. The summed E-state index contributed by atoms with van der Waals surface area (Å²) in [6.45, 7) is 6.08. The molecule has 30 heavy (non-hydrogen) atoms. The van der Waals surface area contributed by atoms with Gasteiger partial charge in [-0.05, 0) is 54.2 Å². The summed E-state index contributed by atoms with van der Waals surface area (Å²) in [4.78, 5) is 16.2. The molecule has 0 saturated carbocycles. The number of fused-ring (bicyclic) bond motifs is 1. The molecular weight excluding hydrogens is 376 g/mol. The van der Waals surface area contributed by atoms with Gasteiger partial charge in [-0.25, -0.2) is 9.78 Å². The Kier molecular flexibility index (Phi) is 5.14. The minimum absolute atomic E-state index is 0.257. The summed E-state index contributed by atoms with van der Waals surface area (Å²) in [6.07, 6.45) is 1.99. The zero-order chi connectivity index (χ0) is 21.4. The number of aryl methyl sites for hydroxylation is 3. The van der Waals surface area contributed by atoms with Crippen LogP contribution in [0.4, 0.5) is 0 Å². The zero-order valence-corrected chi connectivity index (χ0v) is 17.3. The highest BCUT2D eigenvalue weighted by Crippen LogP contribution is 2.30. The van der Waals surface area contributed by atoms with Crippen molar-refractivity contribution in [3.63, 3.8) is 0 Å². The van der Waals surface area contributed by atoms with Crippen molar-refractivity contribution in [2.45, 2.75) is 33.3 Å². The molecular formula is C25H24N2O3. The van der Waals surface area contributed by atoms with Gasteiger partial charge < -0.3 is 14.6 Å². The van der Waals surface area contributed by atoms with E-state index in [1.165, 1.54) is 0 Å². The van der Waals surface area contributed by atoms with Gasteiger partial charge in [0.15, 0.2) is 0 Å². The van der Waals surface area contributed by atoms with Gasteiger partial charge >= 0.3 is 5.97 Å². The van der Waals surface area contributed by atoms with Crippen molar-refractivity contribution in [3.8, 4) is 11.1 Å². The number of benzene rings is 2. The van der Waals surface area contributed by atoms with E-state index >= 15 is 0 Å². The molecule has 2 aromatic carbocycles. The number of hydrogen-bond donors (Lipinski definition) is 2. The Bertz CT molecular complexity index is 1240. The van der Waals surface area contributed by atoms with Gasteiger partial charge in [-0.15, -0.1) is 0 Å². The van der Waals surface area contributed by atoms with E-state index in [2.05, 4.69) is 18.0 Å². The molecule has 5 heteroatoms. The monoisotopic (exact) mass is 400 g/mol. The Morgan fingerprint density at radius 2 is 1.77 bits per heavy atom. The predicted octanol–water partition coefficient (Wildman–Crippen LogP) is 4.96. The van der Waals surface area contributed by atoms with Crippen LogP contribution in [-0.2, 0) is 6.42 Å². The van der Waals surface area contributed by atoms with Crippen LogP contribution in [0.15, 0.2) is 60.8 Å². The molecule has 0 amide bonds. The average Bonchev–Trinajstić information content (AvgIpc) is 3.18. The molecule has 0 bridgehead atoms. The van der Waals surface area contributed by atoms with Crippen LogP contribution in [0.1, 0.15) is 51.5 Å². The largest absolute Gasteiger partial charge is 0.478 e. The molecule has 152 valence electrons. The van der Waals surface area contributed by atoms with Gasteiger partial charge in [-0.2, -0.15) is 0 Å². The molecule has 0 saturated heterocycles. The number of rotatable bonds is 5. The van der Waals surface area contributed by atoms with E-state index < -0.39 is 12.1 Å². The second-order valence-electron chi connectivity index (χ2n) is 7.55. The SMILES string of the molecule is CCc1cn2c([C@H](O)c3ccc(-c4ccccc4C(=O)O)cc3)c(C)cc(C)c2n1. The van der Waals surface area contributed by atoms with Gasteiger partial charge in [-0.3, -0.25) is 0 Å². The van der Waals surface area contributed by atoms with E-state index in [1.807, 2.05) is 54.8 Å². The van der Waals surface area contributed by atoms with E-state index in [4.69, 9.17) is 0 Å². The molecule has 4 aromatic rings. The van der Waals surface area contributed by atoms with Crippen molar-refractivity contribution in [1.82, 2.24) is 9.38 Å². The molecule has 0 aliphatic heterocycles. The minimum atomic E-state index is -0.959. The Balaban J connectivity index is 1.76. The average molecular weight is 400 g/mol. The Hall–Kier alpha value is -3.44. The second kappa shape index (κ2) is 7.76. The summed E-state index contributed by atoms with van der Waals surface area (Å²) in [5.41, 5.74) is 7.15. The maximum atomic E-state index is 11.5. The van der Waals surface area contributed by atoms with Gasteiger partial charge in [-0.1, -0.05) is 55.5 Å². The lowest BCUT2D eigenvalue weighted by Gasteiger charge is -2.18. The predicted molar refractivity (Wildman–Crippen MR) is 117 cm³/mol. The van der Waals surface area contributed by atoms with Gasteiger partial charge in [0.2, 0.25) is 0 Å². The van der Waals surface area contributed by atoms with Gasteiger partial charge in [0.25, 0.3) is 0 Å². The lowest BCUT2D eigenvalue weighted by Crippen LogP contribution is -2.09. The third kappa shape index (κ3) is 3.37. The van der Waals surface area contributed by atoms with Crippen LogP contribution in [0.3, 0.4) is 0 Å². The van der Waals surface area contributed by atoms with Crippen molar-refractivity contribution in [3.05, 3.63) is 94.4 Å². The van der Waals surface area contributed by atoms with Crippen molar-refractivity contribution < 1.29 is 15.0 Å². The molecule has 1 atom stereocenters. The molecule has 0 aliphatic carbocycles. The summed E-state index contributed by atoms with van der Waals surface area (Å²) in [7, 11) is 0. The molecule has 2 aromatic heterocycles. The Morgan fingerprint density at radius 3 is 2.43 bits per heavy atom. The minimum Gasteiger partial charge on any atom is -0.478 e. The van der Waals surface area contributed by atoms with Crippen LogP contribution in [0.2, 0.25) is 0 Å². The van der Waals surface area contributed by atoms with Gasteiger partial charge in [0.05, 0.1) is 17.0 Å². The standard InChI is InChI=1S/C25H24N2O3/c1-4-19-14-27-22(15(2)13-16(3)24(27)26-19)23(28)18-11-9-17(10-12-18)20-7-5-6-8-21(20)25(29)30/h5-14,23,28H,4H2,1-3H3,(H,29,30)/t23-/m1/s1. The number of pyridine rings is 1. The number of aromatic carboxylic acids is 1. The Labute approximate surface area is 175 Å². The van der Waals surface area contributed by atoms with Crippen LogP contribution in [0, 0.1) is 13.8 Å². The highest BCUT2D eigenvalue weighted by atomic mass is 16.4. The van der Waals surface area contributed by atoms with Gasteiger partial charge in [0.1, 0.15) is 11.8 Å². The number of hydrogen-bond acceptors (Lipinski definition) is 3. The smallest absolute Gasteiger partial charge is 0.336 e. The topological polar surface area (TPSA) is 74.8 Å². The number of aliphatic hydroxyl groups is 1. The first-order valence-electron chi connectivity index (χ1n) is 9.99.